The van der Waals surface area contributed by atoms with Crippen LogP contribution in [-0.4, -0.2) is 50.9 Å². The molecule has 3 aromatic heterocycles. The first kappa shape index (κ1) is 21.8. The molecular formula is C26H22F2N4O2. The molecule has 4 heterocycles. The van der Waals surface area contributed by atoms with Crippen LogP contribution in [0.4, 0.5) is 8.78 Å². The van der Waals surface area contributed by atoms with Gasteiger partial charge >= 0.3 is 0 Å². The number of hydrogen-bond donors (Lipinski definition) is 1. The lowest BCUT2D eigenvalue weighted by molar-refractivity contribution is -0.128. The van der Waals surface area contributed by atoms with E-state index in [0.717, 1.165) is 44.4 Å². The number of fused-ring (bicyclic) bond motifs is 1. The number of benzene rings is 1. The first-order chi connectivity index (χ1) is 16.5. The number of ether oxygens (including phenoxy) is 1. The van der Waals surface area contributed by atoms with Gasteiger partial charge in [0.05, 0.1) is 35.5 Å². The van der Waals surface area contributed by atoms with Gasteiger partial charge in [0.25, 0.3) is 5.92 Å². The summed E-state index contributed by atoms with van der Waals surface area (Å²) in [7, 11) is 0. The van der Waals surface area contributed by atoms with Gasteiger partial charge in [0, 0.05) is 29.9 Å². The van der Waals surface area contributed by atoms with Crippen molar-refractivity contribution < 1.29 is 18.3 Å². The first-order valence-corrected chi connectivity index (χ1v) is 10.9. The van der Waals surface area contributed by atoms with Gasteiger partial charge < -0.3 is 14.6 Å². The number of pyridine rings is 2. The fourth-order valence-corrected chi connectivity index (χ4v) is 4.42. The minimum Gasteiger partial charge on any atom is -0.489 e. The lowest BCUT2D eigenvalue weighted by Gasteiger charge is -2.23. The molecule has 172 valence electrons. The molecule has 5 rings (SSSR count). The number of carbonyl (C=O) groups excluding carboxylic acids is 1. The molecule has 1 aromatic carbocycles. The molecule has 1 amide bonds. The lowest BCUT2D eigenvalue weighted by Crippen LogP contribution is -2.38. The van der Waals surface area contributed by atoms with Crippen molar-refractivity contribution in [3.8, 4) is 28.1 Å². The number of aromatic nitrogens is 3. The molecule has 4 aromatic rings. The van der Waals surface area contributed by atoms with Gasteiger partial charge in [-0.1, -0.05) is 36.9 Å². The summed E-state index contributed by atoms with van der Waals surface area (Å²) in [6, 6.07) is 14.7. The average molecular weight is 460 g/mol. The zero-order chi connectivity index (χ0) is 23.7. The highest BCUT2D eigenvalue weighted by atomic mass is 19.3. The van der Waals surface area contributed by atoms with Crippen LogP contribution in [0.25, 0.3) is 33.4 Å². The third-order valence-electron chi connectivity index (χ3n) is 5.94. The molecule has 1 N–H and O–H groups in total. The molecule has 1 aliphatic rings. The van der Waals surface area contributed by atoms with Crippen LogP contribution in [0, 0.1) is 0 Å². The smallest absolute Gasteiger partial charge is 0.267 e. The quantitative estimate of drug-likeness (QED) is 0.407. The highest BCUT2D eigenvalue weighted by Gasteiger charge is 2.46. The number of likely N-dealkylation sites (tertiary alicyclic amines) is 1. The highest BCUT2D eigenvalue weighted by molar-refractivity contribution is 6.02. The second-order valence-electron chi connectivity index (χ2n) is 8.21. The Hall–Kier alpha value is -4.07. The number of nitrogens with one attached hydrogen (secondary N) is 1. The molecule has 0 saturated carbocycles. The van der Waals surface area contributed by atoms with E-state index in [1.54, 1.807) is 18.6 Å². The molecule has 0 bridgehead atoms. The number of nitrogens with zero attached hydrogens (tertiary/aromatic N) is 3. The van der Waals surface area contributed by atoms with Gasteiger partial charge in [-0.2, -0.15) is 0 Å². The number of alkyl halides is 2. The fraction of sp³-hybridized carbons (Fsp3) is 0.192. The maximum atomic E-state index is 14.1. The van der Waals surface area contributed by atoms with E-state index in [1.165, 1.54) is 0 Å². The Morgan fingerprint density at radius 2 is 2.03 bits per heavy atom. The van der Waals surface area contributed by atoms with Gasteiger partial charge in [0.2, 0.25) is 5.91 Å². The Morgan fingerprint density at radius 3 is 2.82 bits per heavy atom. The summed E-state index contributed by atoms with van der Waals surface area (Å²) in [6.07, 6.45) is 5.52. The molecule has 1 fully saturated rings. The van der Waals surface area contributed by atoms with Crippen molar-refractivity contribution in [3.05, 3.63) is 79.8 Å². The SMILES string of the molecule is C=CC(=O)N1CC(F)(F)CC1COc1cnccc1-c1[nH]c2cccnc2c1-c1ccccc1. The van der Waals surface area contributed by atoms with Crippen molar-refractivity contribution in [2.24, 2.45) is 0 Å². The first-order valence-electron chi connectivity index (χ1n) is 10.9. The number of rotatable bonds is 6. The molecule has 6 nitrogen and oxygen atoms in total. The van der Waals surface area contributed by atoms with E-state index in [-0.39, 0.29) is 6.61 Å². The molecule has 1 saturated heterocycles. The van der Waals surface area contributed by atoms with Crippen molar-refractivity contribution in [3.63, 3.8) is 0 Å². The number of H-pyrrole nitrogens is 1. The van der Waals surface area contributed by atoms with Gasteiger partial charge in [-0.25, -0.2) is 8.78 Å². The van der Waals surface area contributed by atoms with E-state index in [4.69, 9.17) is 4.74 Å². The number of aromatic amines is 1. The van der Waals surface area contributed by atoms with E-state index >= 15 is 0 Å². The van der Waals surface area contributed by atoms with Gasteiger partial charge in [-0.05, 0) is 29.8 Å². The summed E-state index contributed by atoms with van der Waals surface area (Å²) in [6.45, 7) is 2.69. The Bertz CT molecular complexity index is 1350. The molecule has 1 aliphatic heterocycles. The Morgan fingerprint density at radius 1 is 1.21 bits per heavy atom. The zero-order valence-corrected chi connectivity index (χ0v) is 18.2. The average Bonchev–Trinajstić information content (AvgIpc) is 3.39. The van der Waals surface area contributed by atoms with Crippen molar-refractivity contribution in [2.75, 3.05) is 13.2 Å². The number of carbonyl (C=O) groups is 1. The summed E-state index contributed by atoms with van der Waals surface area (Å²) in [5.74, 6) is -3.08. The maximum absolute atomic E-state index is 14.1. The lowest BCUT2D eigenvalue weighted by atomic mass is 10.0. The highest BCUT2D eigenvalue weighted by Crippen LogP contribution is 2.41. The van der Waals surface area contributed by atoms with Crippen LogP contribution >= 0.6 is 0 Å². The van der Waals surface area contributed by atoms with E-state index in [9.17, 15) is 13.6 Å². The predicted molar refractivity (Wildman–Crippen MR) is 126 cm³/mol. The molecule has 0 aliphatic carbocycles. The molecule has 8 heteroatoms. The van der Waals surface area contributed by atoms with Crippen molar-refractivity contribution in [1.29, 1.82) is 0 Å². The predicted octanol–water partition coefficient (Wildman–Crippen LogP) is 5.09. The van der Waals surface area contributed by atoms with Gasteiger partial charge in [-0.15, -0.1) is 0 Å². The summed E-state index contributed by atoms with van der Waals surface area (Å²) < 4.78 is 34.1. The van der Waals surface area contributed by atoms with Crippen LogP contribution in [0.3, 0.4) is 0 Å². The summed E-state index contributed by atoms with van der Waals surface area (Å²) >= 11 is 0. The maximum Gasteiger partial charge on any atom is 0.267 e. The van der Waals surface area contributed by atoms with Gasteiger partial charge in [-0.3, -0.25) is 14.8 Å². The topological polar surface area (TPSA) is 71.1 Å². The minimum absolute atomic E-state index is 0.0903. The molecule has 1 atom stereocenters. The van der Waals surface area contributed by atoms with Gasteiger partial charge in [0.15, 0.2) is 0 Å². The third kappa shape index (κ3) is 4.03. The number of hydrogen-bond acceptors (Lipinski definition) is 4. The largest absolute Gasteiger partial charge is 0.489 e. The second-order valence-corrected chi connectivity index (χ2v) is 8.21. The minimum atomic E-state index is -2.96. The van der Waals surface area contributed by atoms with Gasteiger partial charge in [0.1, 0.15) is 12.4 Å². The van der Waals surface area contributed by atoms with E-state index in [1.807, 2.05) is 48.5 Å². The molecule has 34 heavy (non-hydrogen) atoms. The summed E-state index contributed by atoms with van der Waals surface area (Å²) in [5, 5.41) is 0. The zero-order valence-electron chi connectivity index (χ0n) is 18.2. The van der Waals surface area contributed by atoms with Crippen LogP contribution < -0.4 is 4.74 Å². The molecule has 0 radical (unpaired) electrons. The number of amides is 1. The Kier molecular flexibility index (Phi) is 5.57. The standard InChI is InChI=1S/C26H22F2N4O2/c1-2-22(33)32-16-26(27,28)13-18(32)15-34-21-14-29-12-10-19(21)24-23(17-7-4-3-5-8-17)25-20(31-24)9-6-11-30-25/h2-12,14,18,31H,1,13,15-16H2. The van der Waals surface area contributed by atoms with Crippen LogP contribution in [0.1, 0.15) is 6.42 Å². The monoisotopic (exact) mass is 460 g/mol. The van der Waals surface area contributed by atoms with E-state index in [2.05, 4.69) is 21.5 Å². The summed E-state index contributed by atoms with van der Waals surface area (Å²) in [5.41, 5.74) is 5.06. The normalized spacial score (nSPS) is 17.1. The number of halogens is 2. The third-order valence-corrected chi connectivity index (χ3v) is 5.94. The van der Waals surface area contributed by atoms with E-state index < -0.39 is 30.8 Å². The van der Waals surface area contributed by atoms with Crippen LogP contribution in [0.5, 0.6) is 5.75 Å². The fourth-order valence-electron chi connectivity index (χ4n) is 4.42. The van der Waals surface area contributed by atoms with Crippen molar-refractivity contribution in [1.82, 2.24) is 19.9 Å². The molecular weight excluding hydrogens is 438 g/mol. The van der Waals surface area contributed by atoms with Crippen LogP contribution in [0.2, 0.25) is 0 Å². The van der Waals surface area contributed by atoms with Crippen LogP contribution in [-0.2, 0) is 4.79 Å². The molecule has 0 spiro atoms. The van der Waals surface area contributed by atoms with Crippen LogP contribution in [0.15, 0.2) is 79.8 Å². The van der Waals surface area contributed by atoms with Crippen molar-refractivity contribution >= 4 is 16.9 Å². The summed E-state index contributed by atoms with van der Waals surface area (Å²) in [4.78, 5) is 25.4. The Labute approximate surface area is 194 Å². The Balaban J connectivity index is 1.52. The second kappa shape index (κ2) is 8.70. The van der Waals surface area contributed by atoms with E-state index in [0.29, 0.717) is 5.75 Å². The van der Waals surface area contributed by atoms with Crippen molar-refractivity contribution in [2.45, 2.75) is 18.4 Å². The molecule has 1 unspecified atom stereocenters.